The first-order chi connectivity index (χ1) is 11.8. The number of benzene rings is 2. The fourth-order valence-electron chi connectivity index (χ4n) is 2.44. The molecule has 0 spiro atoms. The Bertz CT molecular complexity index is 917. The zero-order chi connectivity index (χ0) is 18.4. The minimum Gasteiger partial charge on any atom is -0.311 e. The van der Waals surface area contributed by atoms with Crippen LogP contribution in [0, 0.1) is 18.3 Å². The van der Waals surface area contributed by atoms with Crippen LogP contribution in [0.1, 0.15) is 18.1 Å². The molecule has 0 aromatic heterocycles. The third-order valence-corrected chi connectivity index (χ3v) is 5.30. The molecule has 130 valence electrons. The van der Waals surface area contributed by atoms with Gasteiger partial charge in [-0.3, -0.25) is 4.79 Å². The standard InChI is InChI=1S/C18H19N3O3S/c1-14-6-3-4-9-18(14)25(23,24)20-10-11-21(15(2)22)17-8-5-7-16(12-17)13-19/h3-9,12,20H,10-11H2,1-2H3. The van der Waals surface area contributed by atoms with Gasteiger partial charge in [-0.05, 0) is 36.8 Å². The van der Waals surface area contributed by atoms with Crippen LogP contribution in [0.15, 0.2) is 53.4 Å². The van der Waals surface area contributed by atoms with E-state index in [1.165, 1.54) is 17.9 Å². The highest BCUT2D eigenvalue weighted by Crippen LogP contribution is 2.17. The van der Waals surface area contributed by atoms with Crippen molar-refractivity contribution in [2.24, 2.45) is 0 Å². The monoisotopic (exact) mass is 357 g/mol. The van der Waals surface area contributed by atoms with Gasteiger partial charge in [0.25, 0.3) is 0 Å². The van der Waals surface area contributed by atoms with Gasteiger partial charge in [0.2, 0.25) is 15.9 Å². The van der Waals surface area contributed by atoms with Gasteiger partial charge >= 0.3 is 0 Å². The summed E-state index contributed by atoms with van der Waals surface area (Å²) in [6.07, 6.45) is 0. The molecule has 0 aliphatic rings. The number of nitriles is 1. The molecule has 1 amide bonds. The van der Waals surface area contributed by atoms with Gasteiger partial charge in [0.05, 0.1) is 16.5 Å². The number of anilines is 1. The van der Waals surface area contributed by atoms with E-state index < -0.39 is 10.0 Å². The van der Waals surface area contributed by atoms with Crippen molar-refractivity contribution < 1.29 is 13.2 Å². The fourth-order valence-corrected chi connectivity index (χ4v) is 3.70. The molecule has 1 N–H and O–H groups in total. The van der Waals surface area contributed by atoms with Crippen molar-refractivity contribution in [1.29, 1.82) is 5.26 Å². The molecule has 0 aliphatic heterocycles. The van der Waals surface area contributed by atoms with Crippen molar-refractivity contribution in [2.75, 3.05) is 18.0 Å². The summed E-state index contributed by atoms with van der Waals surface area (Å²) >= 11 is 0. The van der Waals surface area contributed by atoms with Crippen LogP contribution < -0.4 is 9.62 Å². The Morgan fingerprint density at radius 2 is 1.92 bits per heavy atom. The maximum Gasteiger partial charge on any atom is 0.240 e. The predicted molar refractivity (Wildman–Crippen MR) is 95.6 cm³/mol. The first kappa shape index (κ1) is 18.6. The molecular weight excluding hydrogens is 338 g/mol. The van der Waals surface area contributed by atoms with Crippen molar-refractivity contribution in [3.8, 4) is 6.07 Å². The fraction of sp³-hybridized carbons (Fsp3) is 0.222. The molecule has 0 atom stereocenters. The average molecular weight is 357 g/mol. The first-order valence-corrected chi connectivity index (χ1v) is 9.17. The van der Waals surface area contributed by atoms with E-state index >= 15 is 0 Å². The summed E-state index contributed by atoms with van der Waals surface area (Å²) in [7, 11) is -3.65. The summed E-state index contributed by atoms with van der Waals surface area (Å²) in [4.78, 5) is 13.5. The number of carbonyl (C=O) groups excluding carboxylic acids is 1. The zero-order valence-electron chi connectivity index (χ0n) is 14.1. The van der Waals surface area contributed by atoms with Gasteiger partial charge in [0.15, 0.2) is 0 Å². The molecule has 0 heterocycles. The number of nitrogens with one attached hydrogen (secondary N) is 1. The number of hydrogen-bond donors (Lipinski definition) is 1. The van der Waals surface area contributed by atoms with Gasteiger partial charge in [-0.15, -0.1) is 0 Å². The molecule has 7 heteroatoms. The van der Waals surface area contributed by atoms with Crippen LogP contribution in [-0.4, -0.2) is 27.4 Å². The highest BCUT2D eigenvalue weighted by Gasteiger charge is 2.17. The van der Waals surface area contributed by atoms with Crippen LogP contribution in [0.5, 0.6) is 0 Å². The molecule has 25 heavy (non-hydrogen) atoms. The van der Waals surface area contributed by atoms with E-state index in [2.05, 4.69) is 4.72 Å². The molecule has 0 saturated heterocycles. The molecule has 0 fully saturated rings. The lowest BCUT2D eigenvalue weighted by molar-refractivity contribution is -0.116. The summed E-state index contributed by atoms with van der Waals surface area (Å²) in [5.74, 6) is -0.231. The highest BCUT2D eigenvalue weighted by atomic mass is 32.2. The normalized spacial score (nSPS) is 10.9. The summed E-state index contributed by atoms with van der Waals surface area (Å²) in [5, 5.41) is 8.97. The van der Waals surface area contributed by atoms with Crippen molar-refractivity contribution in [1.82, 2.24) is 4.72 Å². The van der Waals surface area contributed by atoms with E-state index in [0.29, 0.717) is 16.8 Å². The van der Waals surface area contributed by atoms with E-state index in [4.69, 9.17) is 5.26 Å². The lowest BCUT2D eigenvalue weighted by atomic mass is 10.2. The van der Waals surface area contributed by atoms with Crippen molar-refractivity contribution >= 4 is 21.6 Å². The Labute approximate surface area is 147 Å². The quantitative estimate of drug-likeness (QED) is 0.858. The summed E-state index contributed by atoms with van der Waals surface area (Å²) in [6.45, 7) is 3.35. The second kappa shape index (κ2) is 7.92. The van der Waals surface area contributed by atoms with E-state index in [1.807, 2.05) is 6.07 Å². The Hall–Kier alpha value is -2.69. The van der Waals surface area contributed by atoms with Gasteiger partial charge < -0.3 is 4.90 Å². The molecule has 2 aromatic carbocycles. The van der Waals surface area contributed by atoms with E-state index in [0.717, 1.165) is 0 Å². The Balaban J connectivity index is 2.11. The number of carbonyl (C=O) groups is 1. The van der Waals surface area contributed by atoms with Crippen molar-refractivity contribution in [3.05, 3.63) is 59.7 Å². The van der Waals surface area contributed by atoms with Crippen LogP contribution in [0.25, 0.3) is 0 Å². The van der Waals surface area contributed by atoms with Gasteiger partial charge in [-0.1, -0.05) is 24.3 Å². The first-order valence-electron chi connectivity index (χ1n) is 7.69. The Morgan fingerprint density at radius 3 is 2.56 bits per heavy atom. The minimum absolute atomic E-state index is 0.0625. The summed E-state index contributed by atoms with van der Waals surface area (Å²) in [5.41, 5.74) is 1.64. The number of nitrogens with zero attached hydrogens (tertiary/aromatic N) is 2. The SMILES string of the molecule is CC(=O)N(CCNS(=O)(=O)c1ccccc1C)c1cccc(C#N)c1. The second-order valence-corrected chi connectivity index (χ2v) is 7.23. The molecule has 0 bridgehead atoms. The molecule has 2 rings (SSSR count). The van der Waals surface area contributed by atoms with Gasteiger partial charge in [-0.2, -0.15) is 5.26 Å². The lowest BCUT2D eigenvalue weighted by Crippen LogP contribution is -2.37. The zero-order valence-corrected chi connectivity index (χ0v) is 14.9. The number of sulfonamides is 1. The topological polar surface area (TPSA) is 90.3 Å². The molecule has 0 aliphatic carbocycles. The number of amides is 1. The minimum atomic E-state index is -3.65. The van der Waals surface area contributed by atoms with Crippen LogP contribution in [0.4, 0.5) is 5.69 Å². The maximum atomic E-state index is 12.4. The third-order valence-electron chi connectivity index (χ3n) is 3.68. The second-order valence-electron chi connectivity index (χ2n) is 5.50. The smallest absolute Gasteiger partial charge is 0.240 e. The van der Waals surface area contributed by atoms with Crippen LogP contribution in [-0.2, 0) is 14.8 Å². The highest BCUT2D eigenvalue weighted by molar-refractivity contribution is 7.89. The molecule has 2 aromatic rings. The largest absolute Gasteiger partial charge is 0.311 e. The van der Waals surface area contributed by atoms with Gasteiger partial charge in [0, 0.05) is 25.7 Å². The summed E-state index contributed by atoms with van der Waals surface area (Å²) in [6, 6.07) is 15.3. The van der Waals surface area contributed by atoms with Crippen LogP contribution >= 0.6 is 0 Å². The predicted octanol–water partition coefficient (Wildman–Crippen LogP) is 2.20. The molecule has 0 saturated carbocycles. The van der Waals surface area contributed by atoms with E-state index in [-0.39, 0.29) is 23.9 Å². The van der Waals surface area contributed by atoms with Gasteiger partial charge in [-0.25, -0.2) is 13.1 Å². The number of rotatable bonds is 6. The summed E-state index contributed by atoms with van der Waals surface area (Å²) < 4.78 is 27.3. The van der Waals surface area contributed by atoms with E-state index in [9.17, 15) is 13.2 Å². The molecule has 0 radical (unpaired) electrons. The van der Waals surface area contributed by atoms with Crippen molar-refractivity contribution in [2.45, 2.75) is 18.7 Å². The van der Waals surface area contributed by atoms with Crippen molar-refractivity contribution in [3.63, 3.8) is 0 Å². The number of hydrogen-bond acceptors (Lipinski definition) is 4. The molecular formula is C18H19N3O3S. The molecule has 6 nitrogen and oxygen atoms in total. The van der Waals surface area contributed by atoms with E-state index in [1.54, 1.807) is 49.4 Å². The third kappa shape index (κ3) is 4.66. The lowest BCUT2D eigenvalue weighted by Gasteiger charge is -2.21. The molecule has 0 unspecified atom stereocenters. The Morgan fingerprint density at radius 1 is 1.20 bits per heavy atom. The Kier molecular flexibility index (Phi) is 5.91. The number of aryl methyl sites for hydroxylation is 1. The van der Waals surface area contributed by atoms with Gasteiger partial charge in [0.1, 0.15) is 0 Å². The maximum absolute atomic E-state index is 12.4. The van der Waals surface area contributed by atoms with Crippen LogP contribution in [0.2, 0.25) is 0 Å². The average Bonchev–Trinajstić information content (AvgIpc) is 2.58. The van der Waals surface area contributed by atoms with Crippen LogP contribution in [0.3, 0.4) is 0 Å².